The van der Waals surface area contributed by atoms with Crippen LogP contribution >= 0.6 is 0 Å². The fourth-order valence-electron chi connectivity index (χ4n) is 1.30. The lowest BCUT2D eigenvalue weighted by molar-refractivity contribution is 0.0952. The Morgan fingerprint density at radius 2 is 2.43 bits per heavy atom. The van der Waals surface area contributed by atoms with Crippen LogP contribution in [-0.2, 0) is 7.05 Å². The van der Waals surface area contributed by atoms with Gasteiger partial charge in [-0.2, -0.15) is 0 Å². The minimum atomic E-state index is 0.0646. The molecule has 0 aliphatic heterocycles. The van der Waals surface area contributed by atoms with Crippen molar-refractivity contribution in [3.8, 4) is 0 Å². The molecule has 1 atom stereocenters. The maximum atomic E-state index is 11.7. The van der Waals surface area contributed by atoms with Crippen LogP contribution in [-0.4, -0.2) is 27.3 Å². The number of aromatic nitrogens is 3. The second-order valence-corrected chi connectivity index (χ2v) is 3.38. The van der Waals surface area contributed by atoms with E-state index in [-0.39, 0.29) is 11.7 Å². The van der Waals surface area contributed by atoms with Gasteiger partial charge in [0.15, 0.2) is 5.78 Å². The lowest BCUT2D eigenvalue weighted by atomic mass is 9.99. The summed E-state index contributed by atoms with van der Waals surface area (Å²) in [4.78, 5) is 11.7. The first-order valence-corrected chi connectivity index (χ1v) is 4.77. The maximum Gasteiger partial charge on any atom is 0.182 e. The number of hydrogen-bond acceptors (Lipinski definition) is 4. The molecular formula is C9H16N4O. The van der Waals surface area contributed by atoms with E-state index in [2.05, 4.69) is 10.3 Å². The van der Waals surface area contributed by atoms with Gasteiger partial charge in [0.25, 0.3) is 0 Å². The summed E-state index contributed by atoms with van der Waals surface area (Å²) in [5.74, 6) is 0.326. The minimum Gasteiger partial charge on any atom is -0.330 e. The molecule has 2 N–H and O–H groups in total. The molecule has 1 rings (SSSR count). The third-order valence-electron chi connectivity index (χ3n) is 2.38. The molecule has 5 heteroatoms. The van der Waals surface area contributed by atoms with Crippen LogP contribution in [0.2, 0.25) is 0 Å². The van der Waals surface area contributed by atoms with Crippen molar-refractivity contribution < 1.29 is 4.79 Å². The van der Waals surface area contributed by atoms with Crippen LogP contribution in [0.5, 0.6) is 0 Å². The normalized spacial score (nSPS) is 12.8. The molecule has 0 fully saturated rings. The van der Waals surface area contributed by atoms with Crippen LogP contribution in [0.15, 0.2) is 6.20 Å². The number of aryl methyl sites for hydroxylation is 1. The van der Waals surface area contributed by atoms with Crippen LogP contribution in [0.1, 0.15) is 30.3 Å². The Labute approximate surface area is 83.3 Å². The van der Waals surface area contributed by atoms with E-state index in [1.165, 1.54) is 10.9 Å². The van der Waals surface area contributed by atoms with Crippen molar-refractivity contribution in [2.75, 3.05) is 6.54 Å². The highest BCUT2D eigenvalue weighted by atomic mass is 16.1. The fraction of sp³-hybridized carbons (Fsp3) is 0.667. The average Bonchev–Trinajstić information content (AvgIpc) is 2.60. The van der Waals surface area contributed by atoms with Crippen LogP contribution in [0.3, 0.4) is 0 Å². The van der Waals surface area contributed by atoms with E-state index < -0.39 is 0 Å². The Bertz CT molecular complexity index is 304. The summed E-state index contributed by atoms with van der Waals surface area (Å²) in [6.07, 6.45) is 2.90. The van der Waals surface area contributed by atoms with E-state index in [0.29, 0.717) is 18.7 Å². The predicted octanol–water partition coefficient (Wildman–Crippen LogP) is 0.373. The van der Waals surface area contributed by atoms with Crippen LogP contribution in [0.4, 0.5) is 0 Å². The average molecular weight is 196 g/mol. The second kappa shape index (κ2) is 4.85. The summed E-state index contributed by atoms with van der Waals surface area (Å²) >= 11 is 0. The van der Waals surface area contributed by atoms with Gasteiger partial charge in [-0.25, -0.2) is 4.68 Å². The second-order valence-electron chi connectivity index (χ2n) is 3.38. The van der Waals surface area contributed by atoms with Crippen LogP contribution < -0.4 is 5.73 Å². The molecule has 0 amide bonds. The number of hydrogen-bond donors (Lipinski definition) is 1. The summed E-state index contributed by atoms with van der Waals surface area (Å²) in [6, 6.07) is 0. The van der Waals surface area contributed by atoms with Crippen molar-refractivity contribution in [1.82, 2.24) is 15.0 Å². The first-order chi connectivity index (χ1) is 6.69. The number of rotatable bonds is 5. The fourth-order valence-corrected chi connectivity index (χ4v) is 1.30. The van der Waals surface area contributed by atoms with E-state index in [1.807, 2.05) is 6.92 Å². The van der Waals surface area contributed by atoms with Gasteiger partial charge in [-0.05, 0) is 12.5 Å². The molecule has 0 bridgehead atoms. The largest absolute Gasteiger partial charge is 0.330 e. The number of Topliss-reactive ketones (excluding diaryl/α,β-unsaturated/α-hetero) is 1. The molecule has 0 spiro atoms. The smallest absolute Gasteiger partial charge is 0.182 e. The van der Waals surface area contributed by atoms with Gasteiger partial charge < -0.3 is 5.73 Å². The zero-order valence-electron chi connectivity index (χ0n) is 8.60. The molecule has 0 aromatic carbocycles. The van der Waals surface area contributed by atoms with Gasteiger partial charge >= 0.3 is 0 Å². The first kappa shape index (κ1) is 10.8. The molecule has 1 unspecified atom stereocenters. The lowest BCUT2D eigenvalue weighted by Gasteiger charge is -2.09. The number of nitrogens with zero attached hydrogens (tertiary/aromatic N) is 3. The van der Waals surface area contributed by atoms with Crippen molar-refractivity contribution in [2.24, 2.45) is 18.7 Å². The Balaban J connectivity index is 2.63. The standard InChI is InChI=1S/C9H16N4O/c1-3-7(5-10)4-9(14)8-6-11-12-13(8)2/h6-7H,3-5,10H2,1-2H3. The van der Waals surface area contributed by atoms with Gasteiger partial charge in [-0.15, -0.1) is 5.10 Å². The minimum absolute atomic E-state index is 0.0646. The Kier molecular flexibility index (Phi) is 3.76. The highest BCUT2D eigenvalue weighted by Gasteiger charge is 2.15. The molecule has 0 saturated heterocycles. The molecule has 14 heavy (non-hydrogen) atoms. The number of carbonyl (C=O) groups is 1. The lowest BCUT2D eigenvalue weighted by Crippen LogP contribution is -2.19. The Morgan fingerprint density at radius 1 is 1.71 bits per heavy atom. The highest BCUT2D eigenvalue weighted by Crippen LogP contribution is 2.10. The maximum absolute atomic E-state index is 11.7. The Morgan fingerprint density at radius 3 is 2.86 bits per heavy atom. The summed E-state index contributed by atoms with van der Waals surface area (Å²) in [5.41, 5.74) is 6.09. The van der Waals surface area contributed by atoms with Crippen molar-refractivity contribution in [1.29, 1.82) is 0 Å². The highest BCUT2D eigenvalue weighted by molar-refractivity contribution is 5.94. The molecule has 78 valence electrons. The zero-order valence-corrected chi connectivity index (χ0v) is 8.60. The summed E-state index contributed by atoms with van der Waals surface area (Å²) in [7, 11) is 1.71. The third-order valence-corrected chi connectivity index (χ3v) is 2.38. The summed E-state index contributed by atoms with van der Waals surface area (Å²) in [5, 5.41) is 7.37. The molecule has 0 aliphatic rings. The van der Waals surface area contributed by atoms with Crippen molar-refractivity contribution in [3.63, 3.8) is 0 Å². The molecule has 1 aromatic rings. The van der Waals surface area contributed by atoms with E-state index in [0.717, 1.165) is 6.42 Å². The van der Waals surface area contributed by atoms with Gasteiger partial charge in [-0.3, -0.25) is 4.79 Å². The zero-order chi connectivity index (χ0) is 10.6. The molecule has 5 nitrogen and oxygen atoms in total. The van der Waals surface area contributed by atoms with Gasteiger partial charge in [-0.1, -0.05) is 18.6 Å². The van der Waals surface area contributed by atoms with E-state index >= 15 is 0 Å². The molecule has 1 aromatic heterocycles. The summed E-state index contributed by atoms with van der Waals surface area (Å²) in [6.45, 7) is 2.58. The van der Waals surface area contributed by atoms with Crippen molar-refractivity contribution in [3.05, 3.63) is 11.9 Å². The first-order valence-electron chi connectivity index (χ1n) is 4.77. The predicted molar refractivity (Wildman–Crippen MR) is 52.8 cm³/mol. The van der Waals surface area contributed by atoms with Crippen molar-refractivity contribution in [2.45, 2.75) is 19.8 Å². The van der Waals surface area contributed by atoms with Gasteiger partial charge in [0.1, 0.15) is 5.69 Å². The number of carbonyl (C=O) groups excluding carboxylic acids is 1. The number of nitrogens with two attached hydrogens (primary N) is 1. The molecule has 0 radical (unpaired) electrons. The molecular weight excluding hydrogens is 180 g/mol. The third kappa shape index (κ3) is 2.38. The van der Waals surface area contributed by atoms with E-state index in [9.17, 15) is 4.79 Å². The van der Waals surface area contributed by atoms with Crippen LogP contribution in [0, 0.1) is 5.92 Å². The van der Waals surface area contributed by atoms with E-state index in [4.69, 9.17) is 5.73 Å². The molecule has 0 saturated carbocycles. The van der Waals surface area contributed by atoms with Gasteiger partial charge in [0.2, 0.25) is 0 Å². The topological polar surface area (TPSA) is 73.8 Å². The van der Waals surface area contributed by atoms with Crippen molar-refractivity contribution >= 4 is 5.78 Å². The monoisotopic (exact) mass is 196 g/mol. The summed E-state index contributed by atoms with van der Waals surface area (Å²) < 4.78 is 1.49. The van der Waals surface area contributed by atoms with Crippen LogP contribution in [0.25, 0.3) is 0 Å². The molecule has 1 heterocycles. The van der Waals surface area contributed by atoms with E-state index in [1.54, 1.807) is 7.05 Å². The molecule has 0 aliphatic carbocycles. The number of ketones is 1. The Hall–Kier alpha value is -1.23. The SMILES string of the molecule is CCC(CN)CC(=O)c1cnnn1C. The van der Waals surface area contributed by atoms with Gasteiger partial charge in [0.05, 0.1) is 6.20 Å². The quantitative estimate of drug-likeness (QED) is 0.690. The van der Waals surface area contributed by atoms with Gasteiger partial charge in [0, 0.05) is 13.5 Å².